The molecule has 1 aliphatic heterocycles. The SMILES string of the molecule is CN1CC[C@@H](Nc2ncccn2)[C@@H](Cc2ccccc2)C1. The number of anilines is 1. The van der Waals surface area contributed by atoms with Crippen molar-refractivity contribution >= 4 is 5.95 Å². The Labute approximate surface area is 126 Å². The summed E-state index contributed by atoms with van der Waals surface area (Å²) in [6.07, 6.45) is 5.80. The van der Waals surface area contributed by atoms with Gasteiger partial charge in [0.05, 0.1) is 0 Å². The van der Waals surface area contributed by atoms with Crippen molar-refractivity contribution in [1.29, 1.82) is 0 Å². The van der Waals surface area contributed by atoms with E-state index >= 15 is 0 Å². The van der Waals surface area contributed by atoms with Gasteiger partial charge >= 0.3 is 0 Å². The van der Waals surface area contributed by atoms with Crippen LogP contribution in [0.25, 0.3) is 0 Å². The molecule has 21 heavy (non-hydrogen) atoms. The second-order valence-electron chi connectivity index (χ2n) is 5.82. The summed E-state index contributed by atoms with van der Waals surface area (Å²) in [4.78, 5) is 11.0. The third kappa shape index (κ3) is 3.79. The van der Waals surface area contributed by atoms with Gasteiger partial charge in [-0.05, 0) is 44.0 Å². The lowest BCUT2D eigenvalue weighted by Crippen LogP contribution is -2.45. The van der Waals surface area contributed by atoms with E-state index in [4.69, 9.17) is 0 Å². The lowest BCUT2D eigenvalue weighted by atomic mass is 9.87. The predicted octanol–water partition coefficient (Wildman–Crippen LogP) is 2.45. The van der Waals surface area contributed by atoms with Crippen LogP contribution in [0.15, 0.2) is 48.8 Å². The zero-order chi connectivity index (χ0) is 14.5. The van der Waals surface area contributed by atoms with Gasteiger partial charge in [-0.1, -0.05) is 30.3 Å². The summed E-state index contributed by atoms with van der Waals surface area (Å²) >= 11 is 0. The summed E-state index contributed by atoms with van der Waals surface area (Å²) in [6, 6.07) is 13.0. The molecular formula is C17H22N4. The Kier molecular flexibility index (Phi) is 4.46. The lowest BCUT2D eigenvalue weighted by Gasteiger charge is -2.37. The first-order chi connectivity index (χ1) is 10.3. The van der Waals surface area contributed by atoms with Crippen LogP contribution in [-0.2, 0) is 6.42 Å². The summed E-state index contributed by atoms with van der Waals surface area (Å²) in [6.45, 7) is 2.23. The Balaban J connectivity index is 1.71. The Hall–Kier alpha value is -1.94. The van der Waals surface area contributed by atoms with Gasteiger partial charge in [-0.15, -0.1) is 0 Å². The summed E-state index contributed by atoms with van der Waals surface area (Å²) < 4.78 is 0. The average molecular weight is 282 g/mol. The first-order valence-corrected chi connectivity index (χ1v) is 7.57. The molecule has 0 aliphatic carbocycles. The maximum Gasteiger partial charge on any atom is 0.222 e. The zero-order valence-corrected chi connectivity index (χ0v) is 12.4. The van der Waals surface area contributed by atoms with E-state index in [0.29, 0.717) is 12.0 Å². The molecule has 2 aromatic rings. The number of rotatable bonds is 4. The molecule has 0 unspecified atom stereocenters. The van der Waals surface area contributed by atoms with Crippen LogP contribution in [0.1, 0.15) is 12.0 Å². The first kappa shape index (κ1) is 14.0. The van der Waals surface area contributed by atoms with Crippen molar-refractivity contribution in [2.75, 3.05) is 25.5 Å². The molecule has 2 heterocycles. The number of likely N-dealkylation sites (tertiary alicyclic amines) is 1. The molecule has 0 bridgehead atoms. The van der Waals surface area contributed by atoms with E-state index in [-0.39, 0.29) is 0 Å². The molecular weight excluding hydrogens is 260 g/mol. The predicted molar refractivity (Wildman–Crippen MR) is 85.2 cm³/mol. The Morgan fingerprint density at radius 1 is 1.14 bits per heavy atom. The van der Waals surface area contributed by atoms with Crippen LogP contribution < -0.4 is 5.32 Å². The van der Waals surface area contributed by atoms with Crippen molar-refractivity contribution in [2.24, 2.45) is 5.92 Å². The van der Waals surface area contributed by atoms with E-state index < -0.39 is 0 Å². The molecule has 0 amide bonds. The molecule has 1 aliphatic rings. The highest BCUT2D eigenvalue weighted by molar-refractivity contribution is 5.26. The monoisotopic (exact) mass is 282 g/mol. The third-order valence-electron chi connectivity index (χ3n) is 4.16. The van der Waals surface area contributed by atoms with E-state index in [1.807, 2.05) is 6.07 Å². The Bertz CT molecular complexity index is 543. The largest absolute Gasteiger partial charge is 0.351 e. The highest BCUT2D eigenvalue weighted by atomic mass is 15.2. The maximum absolute atomic E-state index is 4.30. The second kappa shape index (κ2) is 6.68. The number of nitrogens with one attached hydrogen (secondary N) is 1. The minimum atomic E-state index is 0.434. The maximum atomic E-state index is 4.30. The van der Waals surface area contributed by atoms with E-state index in [1.54, 1.807) is 12.4 Å². The van der Waals surface area contributed by atoms with E-state index in [0.717, 1.165) is 31.9 Å². The fourth-order valence-corrected chi connectivity index (χ4v) is 3.07. The molecule has 1 aromatic carbocycles. The van der Waals surface area contributed by atoms with Crippen molar-refractivity contribution in [3.05, 3.63) is 54.4 Å². The molecule has 1 fully saturated rings. The van der Waals surface area contributed by atoms with Crippen LogP contribution in [0.3, 0.4) is 0 Å². The molecule has 4 heteroatoms. The number of hydrogen-bond donors (Lipinski definition) is 1. The molecule has 3 rings (SSSR count). The second-order valence-corrected chi connectivity index (χ2v) is 5.82. The van der Waals surface area contributed by atoms with Gasteiger partial charge in [-0.3, -0.25) is 0 Å². The molecule has 0 radical (unpaired) electrons. The smallest absolute Gasteiger partial charge is 0.222 e. The topological polar surface area (TPSA) is 41.0 Å². The van der Waals surface area contributed by atoms with E-state index in [9.17, 15) is 0 Å². The van der Waals surface area contributed by atoms with Crippen LogP contribution in [0.2, 0.25) is 0 Å². The van der Waals surface area contributed by atoms with Crippen LogP contribution in [0, 0.1) is 5.92 Å². The van der Waals surface area contributed by atoms with Crippen molar-refractivity contribution in [2.45, 2.75) is 18.9 Å². The highest BCUT2D eigenvalue weighted by Gasteiger charge is 2.28. The van der Waals surface area contributed by atoms with E-state index in [1.165, 1.54) is 5.56 Å². The standard InChI is InChI=1S/C17H22N4/c1-21-11-8-16(20-17-18-9-5-10-19-17)15(13-21)12-14-6-3-2-4-7-14/h2-7,9-10,15-16H,8,11-13H2,1H3,(H,18,19,20)/t15-,16+/m0/s1. The van der Waals surface area contributed by atoms with Crippen molar-refractivity contribution in [3.8, 4) is 0 Å². The van der Waals surface area contributed by atoms with Gasteiger partial charge in [0.2, 0.25) is 5.95 Å². The van der Waals surface area contributed by atoms with E-state index in [2.05, 4.69) is 57.6 Å². The van der Waals surface area contributed by atoms with Gasteiger partial charge in [0.15, 0.2) is 0 Å². The van der Waals surface area contributed by atoms with Crippen LogP contribution in [0.4, 0.5) is 5.95 Å². The number of benzene rings is 1. The minimum absolute atomic E-state index is 0.434. The van der Waals surface area contributed by atoms with Gasteiger partial charge < -0.3 is 10.2 Å². The van der Waals surface area contributed by atoms with Crippen molar-refractivity contribution < 1.29 is 0 Å². The van der Waals surface area contributed by atoms with Crippen molar-refractivity contribution in [3.63, 3.8) is 0 Å². The quantitative estimate of drug-likeness (QED) is 0.935. The van der Waals surface area contributed by atoms with Crippen molar-refractivity contribution in [1.82, 2.24) is 14.9 Å². The molecule has 0 spiro atoms. The summed E-state index contributed by atoms with van der Waals surface area (Å²) in [5, 5.41) is 3.52. The molecule has 0 saturated carbocycles. The minimum Gasteiger partial charge on any atom is -0.351 e. The van der Waals surface area contributed by atoms with Gasteiger partial charge in [-0.25, -0.2) is 9.97 Å². The number of piperidine rings is 1. The molecule has 1 aromatic heterocycles. The average Bonchev–Trinajstić information content (AvgIpc) is 2.52. The fourth-order valence-electron chi connectivity index (χ4n) is 3.07. The molecule has 2 atom stereocenters. The van der Waals surface area contributed by atoms with Gasteiger partial charge in [0, 0.05) is 25.0 Å². The lowest BCUT2D eigenvalue weighted by molar-refractivity contribution is 0.193. The zero-order valence-electron chi connectivity index (χ0n) is 12.4. The summed E-state index contributed by atoms with van der Waals surface area (Å²) in [7, 11) is 2.20. The van der Waals surface area contributed by atoms with Crippen LogP contribution in [-0.4, -0.2) is 41.0 Å². The molecule has 4 nitrogen and oxygen atoms in total. The molecule has 1 saturated heterocycles. The van der Waals surface area contributed by atoms with Crippen LogP contribution >= 0.6 is 0 Å². The normalized spacial score (nSPS) is 22.9. The molecule has 1 N–H and O–H groups in total. The Morgan fingerprint density at radius 3 is 2.67 bits per heavy atom. The Morgan fingerprint density at radius 2 is 1.90 bits per heavy atom. The molecule has 110 valence electrons. The summed E-state index contributed by atoms with van der Waals surface area (Å²) in [5.74, 6) is 1.32. The summed E-state index contributed by atoms with van der Waals surface area (Å²) in [5.41, 5.74) is 1.40. The van der Waals surface area contributed by atoms with Gasteiger partial charge in [-0.2, -0.15) is 0 Å². The number of hydrogen-bond acceptors (Lipinski definition) is 4. The number of nitrogens with zero attached hydrogens (tertiary/aromatic N) is 3. The third-order valence-corrected chi connectivity index (χ3v) is 4.16. The van der Waals surface area contributed by atoms with Gasteiger partial charge in [0.1, 0.15) is 0 Å². The number of aromatic nitrogens is 2. The first-order valence-electron chi connectivity index (χ1n) is 7.57. The van der Waals surface area contributed by atoms with Crippen LogP contribution in [0.5, 0.6) is 0 Å². The highest BCUT2D eigenvalue weighted by Crippen LogP contribution is 2.23. The fraction of sp³-hybridized carbons (Fsp3) is 0.412. The van der Waals surface area contributed by atoms with Gasteiger partial charge in [0.25, 0.3) is 0 Å².